The molecule has 2 heterocycles. The Morgan fingerprint density at radius 1 is 0.674 bits per heavy atom. The Balaban J connectivity index is 0.811. The Hall–Kier alpha value is -2.82. The predicted octanol–water partition coefficient (Wildman–Crippen LogP) is 2.88. The van der Waals surface area contributed by atoms with Crippen molar-refractivity contribution in [3.63, 3.8) is 0 Å². The normalized spacial score (nSPS) is 28.2. The number of carbonyl (C=O) groups is 2. The molecule has 232 valence electrons. The van der Waals surface area contributed by atoms with E-state index in [9.17, 15) is 9.59 Å². The van der Waals surface area contributed by atoms with Crippen LogP contribution < -0.4 is 21.3 Å². The van der Waals surface area contributed by atoms with Gasteiger partial charge in [0.25, 0.3) is 0 Å². The van der Waals surface area contributed by atoms with Gasteiger partial charge in [-0.05, 0) is 73.6 Å². The van der Waals surface area contributed by atoms with Gasteiger partial charge in [0.15, 0.2) is 0 Å². The van der Waals surface area contributed by atoms with Crippen LogP contribution in [0.5, 0.6) is 0 Å². The number of carbonyl (C=O) groups excluding carboxylic acids is 2. The van der Waals surface area contributed by atoms with Crippen LogP contribution in [0.3, 0.4) is 0 Å². The van der Waals surface area contributed by atoms with Crippen LogP contribution in [-0.2, 0) is 36.6 Å². The van der Waals surface area contributed by atoms with Gasteiger partial charge in [-0.2, -0.15) is 0 Å². The number of benzene rings is 2. The molecular weight excluding hydrogens is 544 g/mol. The second-order valence-electron chi connectivity index (χ2n) is 12.3. The van der Waals surface area contributed by atoms with E-state index in [1.807, 2.05) is 0 Å². The third kappa shape index (κ3) is 7.83. The number of fused-ring (bicyclic) bond motifs is 2. The Bertz CT molecular complexity index is 1150. The van der Waals surface area contributed by atoms with Gasteiger partial charge in [0.05, 0.1) is 62.8 Å². The van der Waals surface area contributed by atoms with Crippen LogP contribution in [0.1, 0.15) is 72.9 Å². The molecule has 2 amide bonds. The molecule has 2 aliphatic carbocycles. The van der Waals surface area contributed by atoms with Crippen LogP contribution in [0.15, 0.2) is 48.5 Å². The summed E-state index contributed by atoms with van der Waals surface area (Å²) in [6.07, 6.45) is 7.68. The summed E-state index contributed by atoms with van der Waals surface area (Å²) in [6.45, 7) is 3.25. The zero-order valence-corrected chi connectivity index (χ0v) is 25.0. The van der Waals surface area contributed by atoms with Gasteiger partial charge >= 0.3 is 0 Å². The summed E-state index contributed by atoms with van der Waals surface area (Å²) in [7, 11) is 0. The lowest BCUT2D eigenvalue weighted by molar-refractivity contribution is -0.124. The molecule has 6 atom stereocenters. The van der Waals surface area contributed by atoms with Gasteiger partial charge in [-0.1, -0.05) is 48.5 Å². The van der Waals surface area contributed by atoms with Crippen molar-refractivity contribution in [3.05, 3.63) is 70.8 Å². The van der Waals surface area contributed by atoms with Crippen molar-refractivity contribution in [2.75, 3.05) is 39.5 Å². The smallest absolute Gasteiger partial charge is 0.237 e. The molecule has 0 radical (unpaired) electrons. The summed E-state index contributed by atoms with van der Waals surface area (Å²) in [5.74, 6) is 0.114. The molecule has 4 N–H and O–H groups in total. The van der Waals surface area contributed by atoms with Crippen LogP contribution in [0, 0.1) is 0 Å². The summed E-state index contributed by atoms with van der Waals surface area (Å²) in [6, 6.07) is 16.6. The van der Waals surface area contributed by atoms with Crippen LogP contribution in [0.2, 0.25) is 0 Å². The quantitative estimate of drug-likeness (QED) is 0.282. The van der Waals surface area contributed by atoms with E-state index in [0.29, 0.717) is 52.4 Å². The standard InChI is InChI=1S/C34H46N4O5/c39-33(37-29-13-5-9-23-7-1-3-11-27(23)29)31-19-25(21-35-31)42-17-15-41-16-18-43-26-20-32(36-22-26)34(40)38-30-14-6-10-24-8-2-4-12-28(24)30/h1-4,7-8,11-12,25-26,29-32,35-36H,5-6,9-10,13-22H2,(H,37,39)(H,38,40)/t25-,26-,29+,30+,31-,32-/m0/s1. The maximum atomic E-state index is 12.9. The monoisotopic (exact) mass is 590 g/mol. The fourth-order valence-corrected chi connectivity index (χ4v) is 7.06. The molecule has 0 spiro atoms. The lowest BCUT2D eigenvalue weighted by Gasteiger charge is -2.27. The van der Waals surface area contributed by atoms with Crippen molar-refractivity contribution in [1.29, 1.82) is 0 Å². The van der Waals surface area contributed by atoms with Crippen molar-refractivity contribution in [3.8, 4) is 0 Å². The molecule has 9 heteroatoms. The number of nitrogens with one attached hydrogen (secondary N) is 4. The summed E-state index contributed by atoms with van der Waals surface area (Å²) >= 11 is 0. The number of rotatable bonds is 12. The van der Waals surface area contributed by atoms with Crippen LogP contribution in [-0.4, -0.2) is 75.6 Å². The topological polar surface area (TPSA) is 110 Å². The Morgan fingerprint density at radius 2 is 1.14 bits per heavy atom. The zero-order valence-electron chi connectivity index (χ0n) is 25.0. The lowest BCUT2D eigenvalue weighted by atomic mass is 9.87. The minimum Gasteiger partial charge on any atom is -0.377 e. The minimum atomic E-state index is -0.224. The van der Waals surface area contributed by atoms with E-state index in [4.69, 9.17) is 14.2 Å². The van der Waals surface area contributed by atoms with Gasteiger partial charge in [-0.3, -0.25) is 9.59 Å². The van der Waals surface area contributed by atoms with E-state index < -0.39 is 0 Å². The minimum absolute atomic E-state index is 0.00368. The zero-order chi connectivity index (χ0) is 29.4. The van der Waals surface area contributed by atoms with E-state index in [1.54, 1.807) is 0 Å². The van der Waals surface area contributed by atoms with Crippen LogP contribution in [0.4, 0.5) is 0 Å². The Labute approximate surface area is 254 Å². The van der Waals surface area contributed by atoms with E-state index in [1.165, 1.54) is 22.3 Å². The maximum Gasteiger partial charge on any atom is 0.237 e. The highest BCUT2D eigenvalue weighted by Gasteiger charge is 2.33. The van der Waals surface area contributed by atoms with Crippen LogP contribution in [0.25, 0.3) is 0 Å². The summed E-state index contributed by atoms with van der Waals surface area (Å²) in [5.41, 5.74) is 5.20. The Kier molecular flexibility index (Phi) is 10.4. The third-order valence-corrected chi connectivity index (χ3v) is 9.35. The molecule has 2 aromatic rings. The first-order valence-corrected chi connectivity index (χ1v) is 16.2. The van der Waals surface area contributed by atoms with Gasteiger partial charge in [-0.15, -0.1) is 0 Å². The molecule has 0 bridgehead atoms. The van der Waals surface area contributed by atoms with Crippen molar-refractivity contribution in [1.82, 2.24) is 21.3 Å². The van der Waals surface area contributed by atoms with Gasteiger partial charge in [-0.25, -0.2) is 0 Å². The summed E-state index contributed by atoms with van der Waals surface area (Å²) in [4.78, 5) is 25.8. The molecule has 0 aromatic heterocycles. The molecule has 0 saturated carbocycles. The van der Waals surface area contributed by atoms with Crippen molar-refractivity contribution in [2.45, 2.75) is 87.7 Å². The SMILES string of the molecule is O=C(N[C@@H]1CCCc2ccccc21)[C@@H]1C[C@H](OCCOCCO[C@@H]2CN[C@H](C(=O)N[C@@H]3CCCc4ccccc43)C2)CN1. The Morgan fingerprint density at radius 3 is 1.63 bits per heavy atom. The van der Waals surface area contributed by atoms with Gasteiger partial charge in [0.2, 0.25) is 11.8 Å². The van der Waals surface area contributed by atoms with E-state index >= 15 is 0 Å². The van der Waals surface area contributed by atoms with E-state index in [2.05, 4.69) is 69.8 Å². The lowest BCUT2D eigenvalue weighted by Crippen LogP contribution is -2.42. The summed E-state index contributed by atoms with van der Waals surface area (Å²) in [5, 5.41) is 13.2. The average Bonchev–Trinajstić information content (AvgIpc) is 3.71. The second kappa shape index (κ2) is 14.8. The molecular formula is C34H46N4O5. The number of hydrogen-bond donors (Lipinski definition) is 4. The largest absolute Gasteiger partial charge is 0.377 e. The molecule has 2 fully saturated rings. The fourth-order valence-electron chi connectivity index (χ4n) is 7.06. The highest BCUT2D eigenvalue weighted by Crippen LogP contribution is 2.31. The predicted molar refractivity (Wildman–Crippen MR) is 164 cm³/mol. The molecule has 2 saturated heterocycles. The molecule has 2 aromatic carbocycles. The fraction of sp³-hybridized carbons (Fsp3) is 0.588. The number of ether oxygens (including phenoxy) is 3. The molecule has 9 nitrogen and oxygen atoms in total. The molecule has 4 aliphatic rings. The average molecular weight is 591 g/mol. The highest BCUT2D eigenvalue weighted by atomic mass is 16.5. The molecule has 43 heavy (non-hydrogen) atoms. The third-order valence-electron chi connectivity index (χ3n) is 9.35. The van der Waals surface area contributed by atoms with Gasteiger partial charge in [0.1, 0.15) is 0 Å². The van der Waals surface area contributed by atoms with Crippen molar-refractivity contribution >= 4 is 11.8 Å². The summed E-state index contributed by atoms with van der Waals surface area (Å²) < 4.78 is 17.7. The van der Waals surface area contributed by atoms with Gasteiger partial charge in [0, 0.05) is 13.1 Å². The van der Waals surface area contributed by atoms with Crippen LogP contribution >= 0.6 is 0 Å². The first-order chi connectivity index (χ1) is 21.1. The number of amides is 2. The van der Waals surface area contributed by atoms with Crippen molar-refractivity contribution in [2.24, 2.45) is 0 Å². The maximum absolute atomic E-state index is 12.9. The first kappa shape index (κ1) is 30.2. The highest BCUT2D eigenvalue weighted by molar-refractivity contribution is 5.83. The van der Waals surface area contributed by atoms with Gasteiger partial charge < -0.3 is 35.5 Å². The molecule has 6 rings (SSSR count). The van der Waals surface area contributed by atoms with Crippen molar-refractivity contribution < 1.29 is 23.8 Å². The number of aryl methyl sites for hydroxylation is 2. The first-order valence-electron chi connectivity index (χ1n) is 16.2. The van der Waals surface area contributed by atoms with E-state index in [-0.39, 0.29) is 48.2 Å². The number of hydrogen-bond acceptors (Lipinski definition) is 7. The van der Waals surface area contributed by atoms with E-state index in [0.717, 1.165) is 38.5 Å². The second-order valence-corrected chi connectivity index (χ2v) is 12.3. The molecule has 0 unspecified atom stereocenters. The molecule has 2 aliphatic heterocycles.